The fourth-order valence-electron chi connectivity index (χ4n) is 5.39. The second-order valence-electron chi connectivity index (χ2n) is 11.3. The van der Waals surface area contributed by atoms with Crippen LogP contribution in [0.15, 0.2) is 0 Å². The molecule has 0 bridgehead atoms. The fourth-order valence-corrected chi connectivity index (χ4v) is 5.39. The predicted octanol–water partition coefficient (Wildman–Crippen LogP) is -9.75. The molecule has 0 aromatic heterocycles. The second-order valence-corrected chi connectivity index (χ2v) is 11.3. The molecule has 0 aromatic rings. The largest absolute Gasteiger partial charge is 0.394 e. The highest BCUT2D eigenvalue weighted by molar-refractivity contribution is 4.99. The minimum absolute atomic E-state index is 0.650. The lowest BCUT2D eigenvalue weighted by atomic mass is 9.98. The summed E-state index contributed by atoms with van der Waals surface area (Å²) in [7, 11) is 0. The molecule has 0 radical (unpaired) electrons. The third kappa shape index (κ3) is 7.29. The first-order chi connectivity index (χ1) is 21.2. The number of aliphatic hydroxyl groups excluding tert-OH is 14. The number of hydrogen-bond acceptors (Lipinski definition) is 21. The third-order valence-electron chi connectivity index (χ3n) is 8.26. The van der Waals surface area contributed by atoms with Gasteiger partial charge in [-0.3, -0.25) is 0 Å². The molecule has 4 saturated heterocycles. The number of rotatable bonds is 11. The van der Waals surface area contributed by atoms with Crippen LogP contribution in [0.3, 0.4) is 0 Å². The summed E-state index contributed by atoms with van der Waals surface area (Å²) in [5.74, 6) is -2.43. The highest BCUT2D eigenvalue weighted by Crippen LogP contribution is 2.36. The molecule has 0 spiro atoms. The Hall–Kier alpha value is -0.840. The van der Waals surface area contributed by atoms with Crippen LogP contribution in [0.2, 0.25) is 0 Å². The molecular formula is C24H42O21. The first-order valence-electron chi connectivity index (χ1n) is 14.1. The summed E-state index contributed by atoms with van der Waals surface area (Å²) in [5.41, 5.74) is 0. The summed E-state index contributed by atoms with van der Waals surface area (Å²) in [5, 5.41) is 141. The van der Waals surface area contributed by atoms with Crippen molar-refractivity contribution in [3.05, 3.63) is 0 Å². The summed E-state index contributed by atoms with van der Waals surface area (Å²) >= 11 is 0. The lowest BCUT2D eigenvalue weighted by molar-refractivity contribution is -0.388. The molecule has 0 saturated carbocycles. The minimum Gasteiger partial charge on any atom is -0.394 e. The molecule has 4 fully saturated rings. The van der Waals surface area contributed by atoms with Crippen molar-refractivity contribution in [3.63, 3.8) is 0 Å². The molecule has 19 atom stereocenters. The van der Waals surface area contributed by atoms with Crippen molar-refractivity contribution in [1.82, 2.24) is 0 Å². The van der Waals surface area contributed by atoms with Gasteiger partial charge in [-0.25, -0.2) is 0 Å². The van der Waals surface area contributed by atoms with Gasteiger partial charge in [-0.1, -0.05) is 0 Å². The van der Waals surface area contributed by atoms with Crippen LogP contribution in [0.5, 0.6) is 0 Å². The standard InChI is InChI=1S/C24H42O21/c25-1-6-10(28)14(32)17(35)21(41-6)39-3-8-11(29)15(33)18(36)22(42-8)40-4-9-12(30)16(34)19(37)23(43-9)45-24(5-27)20(38)13(31)7(2-26)44-24/h6-23,25-38H,1-5H2/t6-,7-,8+,9-,10-,11+,12+,13-,14+,15-,16-,17+,18+,19+,20-,21+,22-,23-,24-/m0/s1. The van der Waals surface area contributed by atoms with Gasteiger partial charge in [0.05, 0.1) is 26.4 Å². The van der Waals surface area contributed by atoms with E-state index in [-0.39, 0.29) is 0 Å². The van der Waals surface area contributed by atoms with Gasteiger partial charge in [-0.2, -0.15) is 0 Å². The summed E-state index contributed by atoms with van der Waals surface area (Å²) in [6, 6.07) is 0. The van der Waals surface area contributed by atoms with Gasteiger partial charge in [0.2, 0.25) is 5.79 Å². The first kappa shape index (κ1) is 37.0. The van der Waals surface area contributed by atoms with Crippen LogP contribution in [-0.4, -0.2) is 221 Å². The van der Waals surface area contributed by atoms with Crippen molar-refractivity contribution < 1.29 is 105 Å². The van der Waals surface area contributed by atoms with Crippen LogP contribution < -0.4 is 0 Å². The van der Waals surface area contributed by atoms with E-state index in [4.69, 9.17) is 33.2 Å². The summed E-state index contributed by atoms with van der Waals surface area (Å²) in [4.78, 5) is 0. The van der Waals surface area contributed by atoms with Gasteiger partial charge in [-0.05, 0) is 0 Å². The zero-order chi connectivity index (χ0) is 33.4. The first-order valence-corrected chi connectivity index (χ1v) is 14.1. The number of ether oxygens (including phenoxy) is 7. The van der Waals surface area contributed by atoms with E-state index in [1.807, 2.05) is 0 Å². The maximum Gasteiger partial charge on any atom is 0.224 e. The smallest absolute Gasteiger partial charge is 0.224 e. The summed E-state index contributed by atoms with van der Waals surface area (Å²) in [6.45, 7) is -4.02. The predicted molar refractivity (Wildman–Crippen MR) is 134 cm³/mol. The highest BCUT2D eigenvalue weighted by Gasteiger charge is 2.58. The number of aliphatic hydroxyl groups is 14. The molecule has 4 aliphatic rings. The van der Waals surface area contributed by atoms with Crippen LogP contribution in [-0.2, 0) is 33.2 Å². The fraction of sp³-hybridized carbons (Fsp3) is 1.00. The third-order valence-corrected chi connectivity index (χ3v) is 8.26. The molecule has 21 nitrogen and oxygen atoms in total. The molecule has 4 heterocycles. The molecule has 45 heavy (non-hydrogen) atoms. The van der Waals surface area contributed by atoms with Crippen LogP contribution in [0.4, 0.5) is 0 Å². The number of hydrogen-bond donors (Lipinski definition) is 14. The Morgan fingerprint density at radius 1 is 0.444 bits per heavy atom. The maximum absolute atomic E-state index is 10.5. The zero-order valence-corrected chi connectivity index (χ0v) is 23.5. The van der Waals surface area contributed by atoms with Gasteiger partial charge < -0.3 is 105 Å². The van der Waals surface area contributed by atoms with E-state index in [1.165, 1.54) is 0 Å². The molecule has 0 amide bonds. The van der Waals surface area contributed by atoms with Gasteiger partial charge in [-0.15, -0.1) is 0 Å². The van der Waals surface area contributed by atoms with Crippen molar-refractivity contribution in [2.75, 3.05) is 33.0 Å². The lowest BCUT2D eigenvalue weighted by Gasteiger charge is -2.45. The molecule has 4 rings (SSSR count). The SMILES string of the molecule is OC[C@@H]1O[C@@H](OC[C@H]2O[C@H](OC[C@@H]3O[C@@H](O[C@]4(CO)O[C@@H](CO)[C@H](O)[C@@H]4O)[C@H](O)[C@@H](O)[C@@H]3O)[C@H](O)[C@@H](O)[C@@H]2O)[C@H](O)[C@H](O)[C@H]1O. The minimum atomic E-state index is -2.43. The Morgan fingerprint density at radius 2 is 0.844 bits per heavy atom. The molecule has 14 N–H and O–H groups in total. The zero-order valence-electron chi connectivity index (χ0n) is 23.5. The molecule has 21 heteroatoms. The Bertz CT molecular complexity index is 931. The second kappa shape index (κ2) is 15.1. The highest BCUT2D eigenvalue weighted by atomic mass is 16.8. The topological polar surface area (TPSA) is 348 Å². The monoisotopic (exact) mass is 666 g/mol. The van der Waals surface area contributed by atoms with Crippen molar-refractivity contribution in [1.29, 1.82) is 0 Å². The quantitative estimate of drug-likeness (QED) is 0.0973. The molecule has 0 unspecified atom stereocenters. The van der Waals surface area contributed by atoms with E-state index in [9.17, 15) is 71.5 Å². The molecule has 0 aliphatic carbocycles. The Labute approximate surface area is 254 Å². The van der Waals surface area contributed by atoms with Gasteiger partial charge >= 0.3 is 0 Å². The Kier molecular flexibility index (Phi) is 12.5. The lowest BCUT2D eigenvalue weighted by Crippen LogP contribution is -2.64. The van der Waals surface area contributed by atoms with E-state index in [1.54, 1.807) is 0 Å². The maximum atomic E-state index is 10.5. The molecular weight excluding hydrogens is 624 g/mol. The van der Waals surface area contributed by atoms with Crippen molar-refractivity contribution in [2.45, 2.75) is 116 Å². The van der Waals surface area contributed by atoms with E-state index in [0.29, 0.717) is 0 Å². The average molecular weight is 667 g/mol. The van der Waals surface area contributed by atoms with Crippen LogP contribution in [0.25, 0.3) is 0 Å². The van der Waals surface area contributed by atoms with Crippen LogP contribution >= 0.6 is 0 Å². The van der Waals surface area contributed by atoms with Crippen LogP contribution in [0.1, 0.15) is 0 Å². The Balaban J connectivity index is 1.39. The molecule has 0 aromatic carbocycles. The Morgan fingerprint density at radius 3 is 1.27 bits per heavy atom. The van der Waals surface area contributed by atoms with E-state index in [2.05, 4.69) is 0 Å². The summed E-state index contributed by atoms with van der Waals surface area (Å²) < 4.78 is 37.6. The van der Waals surface area contributed by atoms with Crippen LogP contribution in [0, 0.1) is 0 Å². The van der Waals surface area contributed by atoms with E-state index in [0.717, 1.165) is 0 Å². The average Bonchev–Trinajstić information content (AvgIpc) is 3.28. The molecule has 4 aliphatic heterocycles. The molecule has 264 valence electrons. The van der Waals surface area contributed by atoms with E-state index >= 15 is 0 Å². The van der Waals surface area contributed by atoms with Gasteiger partial charge in [0.1, 0.15) is 98.2 Å². The normalized spacial score (nSPS) is 52.7. The van der Waals surface area contributed by atoms with Crippen molar-refractivity contribution in [2.24, 2.45) is 0 Å². The summed E-state index contributed by atoms with van der Waals surface area (Å²) in [6.07, 6.45) is -31.4. The van der Waals surface area contributed by atoms with Gasteiger partial charge in [0, 0.05) is 0 Å². The van der Waals surface area contributed by atoms with Crippen molar-refractivity contribution >= 4 is 0 Å². The van der Waals surface area contributed by atoms with Gasteiger partial charge in [0.25, 0.3) is 0 Å². The van der Waals surface area contributed by atoms with E-state index < -0.39 is 149 Å². The van der Waals surface area contributed by atoms with Gasteiger partial charge in [0.15, 0.2) is 18.9 Å². The van der Waals surface area contributed by atoms with Crippen molar-refractivity contribution in [3.8, 4) is 0 Å².